The molecule has 0 aromatic heterocycles. The molecule has 2 rings (SSSR count). The van der Waals surface area contributed by atoms with Crippen LogP contribution in [0.2, 0.25) is 0 Å². The van der Waals surface area contributed by atoms with Crippen LogP contribution in [0.5, 0.6) is 17.2 Å². The number of benzene rings is 2. The van der Waals surface area contributed by atoms with E-state index in [2.05, 4.69) is 27.7 Å². The summed E-state index contributed by atoms with van der Waals surface area (Å²) in [5.74, 6) is 3.51. The summed E-state index contributed by atoms with van der Waals surface area (Å²) < 4.78 is 11.3. The van der Waals surface area contributed by atoms with Crippen LogP contribution in [0.1, 0.15) is 64.2 Å². The number of thioether (sulfide) groups is 1. The summed E-state index contributed by atoms with van der Waals surface area (Å²) in [5, 5.41) is -0.0442. The Morgan fingerprint density at radius 2 is 1.45 bits per heavy atom. The van der Waals surface area contributed by atoms with Gasteiger partial charge in [-0.05, 0) is 73.0 Å². The Balaban J connectivity index is 2.03. The van der Waals surface area contributed by atoms with Gasteiger partial charge in [0.25, 0.3) is 0 Å². The molecule has 0 saturated heterocycles. The monoisotopic (exact) mass is 414 g/mol. The van der Waals surface area contributed by atoms with Crippen molar-refractivity contribution in [3.63, 3.8) is 0 Å². The summed E-state index contributed by atoms with van der Waals surface area (Å²) in [4.78, 5) is 13.1. The molecule has 1 atom stereocenters. The quantitative estimate of drug-likeness (QED) is 0.283. The van der Waals surface area contributed by atoms with E-state index in [-0.39, 0.29) is 16.4 Å². The van der Waals surface area contributed by atoms with Gasteiger partial charge in [0.2, 0.25) is 0 Å². The molecule has 0 bridgehead atoms. The summed E-state index contributed by atoms with van der Waals surface area (Å²) in [5.41, 5.74) is 0.665. The van der Waals surface area contributed by atoms with Crippen LogP contribution >= 0.6 is 11.8 Å². The van der Waals surface area contributed by atoms with E-state index in [9.17, 15) is 4.79 Å². The maximum absolute atomic E-state index is 13.1. The van der Waals surface area contributed by atoms with Crippen LogP contribution in [-0.2, 0) is 0 Å². The topological polar surface area (TPSA) is 35.5 Å². The van der Waals surface area contributed by atoms with E-state index in [0.717, 1.165) is 29.2 Å². The maximum atomic E-state index is 13.1. The highest BCUT2D eigenvalue weighted by Gasteiger charge is 2.32. The van der Waals surface area contributed by atoms with Crippen LogP contribution in [-0.4, -0.2) is 23.4 Å². The Kier molecular flexibility index (Phi) is 9.09. The molecule has 0 saturated carbocycles. The van der Waals surface area contributed by atoms with E-state index in [1.165, 1.54) is 12.8 Å². The Bertz CT molecular complexity index is 745. The standard InChI is InChI=1S/C25H34O3S/c1-6-8-9-18-29-24(25(3,4)5)23(26)19-10-12-21(13-11-19)28-22-16-14-20(15-17-22)27-7-2/h10-17,24H,6-9,18H2,1-5H3. The Morgan fingerprint density at radius 3 is 1.97 bits per heavy atom. The van der Waals surface area contributed by atoms with Crippen molar-refractivity contribution >= 4 is 17.5 Å². The second kappa shape index (κ2) is 11.3. The molecule has 0 N–H and O–H groups in total. The number of unbranched alkanes of at least 4 members (excludes halogenated alkanes) is 2. The van der Waals surface area contributed by atoms with Gasteiger partial charge in [-0.25, -0.2) is 0 Å². The Labute approximate surface area is 180 Å². The number of Topliss-reactive ketones (excluding diaryl/α,β-unsaturated/α-hetero) is 1. The predicted molar refractivity (Wildman–Crippen MR) is 124 cm³/mol. The zero-order valence-electron chi connectivity index (χ0n) is 18.4. The molecule has 1 unspecified atom stereocenters. The SMILES string of the molecule is CCCCCSC(C(=O)c1ccc(Oc2ccc(OCC)cc2)cc1)C(C)(C)C. The lowest BCUT2D eigenvalue weighted by Gasteiger charge is -2.29. The van der Waals surface area contributed by atoms with Crippen LogP contribution in [0.4, 0.5) is 0 Å². The van der Waals surface area contributed by atoms with Gasteiger partial charge in [0.1, 0.15) is 17.2 Å². The lowest BCUT2D eigenvalue weighted by molar-refractivity contribution is 0.0950. The van der Waals surface area contributed by atoms with Gasteiger partial charge in [-0.2, -0.15) is 0 Å². The number of hydrogen-bond acceptors (Lipinski definition) is 4. The van der Waals surface area contributed by atoms with Crippen molar-refractivity contribution < 1.29 is 14.3 Å². The van der Waals surface area contributed by atoms with E-state index in [4.69, 9.17) is 9.47 Å². The molecule has 0 fully saturated rings. The molecule has 2 aromatic carbocycles. The number of ketones is 1. The minimum Gasteiger partial charge on any atom is -0.494 e. The van der Waals surface area contributed by atoms with Gasteiger partial charge in [0.05, 0.1) is 11.9 Å². The molecule has 158 valence electrons. The first kappa shape index (κ1) is 23.3. The molecule has 29 heavy (non-hydrogen) atoms. The second-order valence-electron chi connectivity index (χ2n) is 8.22. The number of carbonyl (C=O) groups is 1. The number of carbonyl (C=O) groups excluding carboxylic acids is 1. The van der Waals surface area contributed by atoms with Gasteiger partial charge < -0.3 is 9.47 Å². The van der Waals surface area contributed by atoms with Crippen molar-refractivity contribution in [2.45, 2.75) is 59.1 Å². The molecule has 0 amide bonds. The summed E-state index contributed by atoms with van der Waals surface area (Å²) >= 11 is 1.79. The second-order valence-corrected chi connectivity index (χ2v) is 9.43. The average molecular weight is 415 g/mol. The van der Waals surface area contributed by atoms with E-state index in [1.807, 2.05) is 55.5 Å². The zero-order valence-corrected chi connectivity index (χ0v) is 19.2. The highest BCUT2D eigenvalue weighted by Crippen LogP contribution is 2.34. The van der Waals surface area contributed by atoms with Crippen molar-refractivity contribution in [2.24, 2.45) is 5.41 Å². The molecule has 0 radical (unpaired) electrons. The molecule has 0 aliphatic rings. The molecule has 0 aliphatic carbocycles. The third-order valence-corrected chi connectivity index (χ3v) is 6.35. The predicted octanol–water partition coefficient (Wildman–Crippen LogP) is 7.40. The van der Waals surface area contributed by atoms with Crippen molar-refractivity contribution in [1.29, 1.82) is 0 Å². The molecule has 0 aliphatic heterocycles. The first-order valence-electron chi connectivity index (χ1n) is 10.5. The largest absolute Gasteiger partial charge is 0.494 e. The fraction of sp³-hybridized carbons (Fsp3) is 0.480. The fourth-order valence-electron chi connectivity index (χ4n) is 3.02. The van der Waals surface area contributed by atoms with Crippen molar-refractivity contribution in [3.05, 3.63) is 54.1 Å². The fourth-order valence-corrected chi connectivity index (χ4v) is 4.41. The molecule has 0 heterocycles. The van der Waals surface area contributed by atoms with Gasteiger partial charge in [0, 0.05) is 5.56 Å². The smallest absolute Gasteiger partial charge is 0.176 e. The zero-order chi connectivity index (χ0) is 21.3. The van der Waals surface area contributed by atoms with Crippen LogP contribution in [0.3, 0.4) is 0 Å². The molecule has 0 spiro atoms. The molecule has 3 nitrogen and oxygen atoms in total. The maximum Gasteiger partial charge on any atom is 0.176 e. The highest BCUT2D eigenvalue weighted by atomic mass is 32.2. The van der Waals surface area contributed by atoms with Gasteiger partial charge in [0.15, 0.2) is 5.78 Å². The summed E-state index contributed by atoms with van der Waals surface area (Å²) in [6.45, 7) is 11.2. The van der Waals surface area contributed by atoms with Crippen LogP contribution in [0.15, 0.2) is 48.5 Å². The van der Waals surface area contributed by atoms with Crippen LogP contribution in [0, 0.1) is 5.41 Å². The van der Waals surface area contributed by atoms with Crippen molar-refractivity contribution in [1.82, 2.24) is 0 Å². The third-order valence-electron chi connectivity index (χ3n) is 4.57. The van der Waals surface area contributed by atoms with E-state index < -0.39 is 0 Å². The molecular weight excluding hydrogens is 380 g/mol. The van der Waals surface area contributed by atoms with Gasteiger partial charge >= 0.3 is 0 Å². The minimum atomic E-state index is -0.0779. The van der Waals surface area contributed by atoms with Gasteiger partial charge in [-0.15, -0.1) is 11.8 Å². The minimum absolute atomic E-state index is 0.0442. The van der Waals surface area contributed by atoms with Crippen LogP contribution < -0.4 is 9.47 Å². The first-order chi connectivity index (χ1) is 13.8. The molecule has 4 heteroatoms. The Morgan fingerprint density at radius 1 is 0.897 bits per heavy atom. The average Bonchev–Trinajstić information content (AvgIpc) is 2.69. The van der Waals surface area contributed by atoms with Gasteiger partial charge in [-0.3, -0.25) is 4.79 Å². The summed E-state index contributed by atoms with van der Waals surface area (Å²) in [7, 11) is 0. The van der Waals surface area contributed by atoms with Crippen molar-refractivity contribution in [2.75, 3.05) is 12.4 Å². The van der Waals surface area contributed by atoms with Gasteiger partial charge in [-0.1, -0.05) is 40.5 Å². The number of ether oxygens (including phenoxy) is 2. The Hall–Kier alpha value is -1.94. The summed E-state index contributed by atoms with van der Waals surface area (Å²) in [6, 6.07) is 15.0. The normalized spacial score (nSPS) is 12.4. The molecule has 2 aromatic rings. The number of hydrogen-bond donors (Lipinski definition) is 0. The lowest BCUT2D eigenvalue weighted by Crippen LogP contribution is -2.32. The van der Waals surface area contributed by atoms with Crippen molar-refractivity contribution in [3.8, 4) is 17.2 Å². The molecular formula is C25H34O3S. The van der Waals surface area contributed by atoms with E-state index in [0.29, 0.717) is 12.4 Å². The summed E-state index contributed by atoms with van der Waals surface area (Å²) in [6.07, 6.45) is 3.58. The lowest BCUT2D eigenvalue weighted by atomic mass is 9.87. The van der Waals surface area contributed by atoms with E-state index in [1.54, 1.807) is 11.8 Å². The van der Waals surface area contributed by atoms with E-state index >= 15 is 0 Å². The number of rotatable bonds is 11. The van der Waals surface area contributed by atoms with Crippen LogP contribution in [0.25, 0.3) is 0 Å². The highest BCUT2D eigenvalue weighted by molar-refractivity contribution is 8.00. The first-order valence-corrected chi connectivity index (χ1v) is 11.6. The third kappa shape index (κ3) is 7.43.